The largest absolute Gasteiger partial charge is 0.481 e. The Kier molecular flexibility index (Phi) is 5.32. The van der Waals surface area contributed by atoms with Gasteiger partial charge in [0.05, 0.1) is 11.1 Å². The molecule has 1 heterocycles. The second-order valence-electron chi connectivity index (χ2n) is 6.07. The highest BCUT2D eigenvalue weighted by atomic mass is 16.4. The van der Waals surface area contributed by atoms with Crippen LogP contribution in [0.15, 0.2) is 30.3 Å². The Bertz CT molecular complexity index is 725. The number of aromatic nitrogens is 1. The number of benzene rings is 1. The molecule has 0 saturated carbocycles. The van der Waals surface area contributed by atoms with Gasteiger partial charge >= 0.3 is 5.97 Å². The van der Waals surface area contributed by atoms with Crippen molar-refractivity contribution in [2.24, 2.45) is 0 Å². The number of rotatable bonds is 6. The zero-order valence-corrected chi connectivity index (χ0v) is 13.7. The Labute approximate surface area is 135 Å². The van der Waals surface area contributed by atoms with Gasteiger partial charge in [-0.1, -0.05) is 32.0 Å². The van der Waals surface area contributed by atoms with Gasteiger partial charge in [-0.15, -0.1) is 0 Å². The first-order valence-corrected chi connectivity index (χ1v) is 7.80. The van der Waals surface area contributed by atoms with E-state index in [4.69, 9.17) is 5.11 Å². The number of carbonyl (C=O) groups is 2. The number of carbonyl (C=O) groups excluding carboxylic acids is 1. The predicted octanol–water partition coefficient (Wildman–Crippen LogP) is 3.34. The number of nitrogens with zero attached hydrogens (tertiary/aromatic N) is 1. The maximum atomic E-state index is 12.6. The molecule has 1 unspecified atom stereocenters. The maximum Gasteiger partial charge on any atom is 0.303 e. The summed E-state index contributed by atoms with van der Waals surface area (Å²) in [6.07, 6.45) is 0.441. The van der Waals surface area contributed by atoms with Crippen molar-refractivity contribution < 1.29 is 14.7 Å². The summed E-state index contributed by atoms with van der Waals surface area (Å²) in [5, 5.41) is 12.4. The van der Waals surface area contributed by atoms with Crippen molar-refractivity contribution in [2.75, 3.05) is 0 Å². The van der Waals surface area contributed by atoms with E-state index in [1.807, 2.05) is 51.1 Å². The number of para-hydroxylation sites is 1. The molecule has 0 saturated heterocycles. The maximum absolute atomic E-state index is 12.6. The van der Waals surface area contributed by atoms with Crippen molar-refractivity contribution in [3.63, 3.8) is 0 Å². The molecule has 0 aliphatic heterocycles. The number of pyridine rings is 1. The van der Waals surface area contributed by atoms with E-state index in [1.165, 1.54) is 0 Å². The molecule has 1 amide bonds. The van der Waals surface area contributed by atoms with Crippen LogP contribution in [0.5, 0.6) is 0 Å². The van der Waals surface area contributed by atoms with Crippen molar-refractivity contribution in [1.82, 2.24) is 10.3 Å². The molecule has 0 aliphatic carbocycles. The van der Waals surface area contributed by atoms with E-state index in [2.05, 4.69) is 10.3 Å². The zero-order valence-electron chi connectivity index (χ0n) is 13.7. The van der Waals surface area contributed by atoms with Crippen LogP contribution in [-0.2, 0) is 4.79 Å². The van der Waals surface area contributed by atoms with E-state index in [0.717, 1.165) is 16.6 Å². The van der Waals surface area contributed by atoms with Gasteiger partial charge in [-0.2, -0.15) is 0 Å². The number of nitrogens with one attached hydrogen (secondary N) is 1. The van der Waals surface area contributed by atoms with Crippen molar-refractivity contribution in [1.29, 1.82) is 0 Å². The van der Waals surface area contributed by atoms with Crippen LogP contribution in [-0.4, -0.2) is 28.0 Å². The van der Waals surface area contributed by atoms with Gasteiger partial charge in [-0.3, -0.25) is 14.6 Å². The second-order valence-corrected chi connectivity index (χ2v) is 6.07. The Morgan fingerprint density at radius 1 is 1.22 bits per heavy atom. The molecule has 2 N–H and O–H groups in total. The van der Waals surface area contributed by atoms with Crippen LogP contribution in [0, 0.1) is 0 Å². The van der Waals surface area contributed by atoms with Crippen molar-refractivity contribution in [3.8, 4) is 0 Å². The molecule has 0 bridgehead atoms. The third-order valence-corrected chi connectivity index (χ3v) is 3.74. The number of hydrogen-bond donors (Lipinski definition) is 2. The Morgan fingerprint density at radius 2 is 1.91 bits per heavy atom. The van der Waals surface area contributed by atoms with Gasteiger partial charge in [0, 0.05) is 23.5 Å². The lowest BCUT2D eigenvalue weighted by Crippen LogP contribution is -2.33. The van der Waals surface area contributed by atoms with E-state index in [0.29, 0.717) is 12.0 Å². The number of hydrogen-bond acceptors (Lipinski definition) is 3. The van der Waals surface area contributed by atoms with E-state index >= 15 is 0 Å². The fourth-order valence-electron chi connectivity index (χ4n) is 2.39. The van der Waals surface area contributed by atoms with E-state index in [1.54, 1.807) is 0 Å². The van der Waals surface area contributed by atoms with Crippen molar-refractivity contribution >= 4 is 22.8 Å². The summed E-state index contributed by atoms with van der Waals surface area (Å²) >= 11 is 0. The Hall–Kier alpha value is -2.43. The van der Waals surface area contributed by atoms with E-state index in [-0.39, 0.29) is 24.3 Å². The monoisotopic (exact) mass is 314 g/mol. The Morgan fingerprint density at radius 3 is 2.57 bits per heavy atom. The zero-order chi connectivity index (χ0) is 17.0. The molecular weight excluding hydrogens is 292 g/mol. The van der Waals surface area contributed by atoms with Gasteiger partial charge in [0.15, 0.2) is 0 Å². The first-order valence-electron chi connectivity index (χ1n) is 7.80. The molecule has 0 fully saturated rings. The van der Waals surface area contributed by atoms with Crippen molar-refractivity contribution in [2.45, 2.75) is 45.6 Å². The third kappa shape index (κ3) is 4.28. The molecule has 0 spiro atoms. The summed E-state index contributed by atoms with van der Waals surface area (Å²) < 4.78 is 0. The molecule has 5 nitrogen and oxygen atoms in total. The topological polar surface area (TPSA) is 79.3 Å². The SMILES string of the molecule is CC(CCC(=O)O)NC(=O)c1cc(C(C)C)nc2ccccc12. The van der Waals surface area contributed by atoms with E-state index in [9.17, 15) is 9.59 Å². The molecule has 5 heteroatoms. The van der Waals surface area contributed by atoms with Crippen LogP contribution in [0.4, 0.5) is 0 Å². The Balaban J connectivity index is 2.30. The highest BCUT2D eigenvalue weighted by molar-refractivity contribution is 6.06. The second kappa shape index (κ2) is 7.22. The number of carboxylic acid groups (broad SMARTS) is 1. The summed E-state index contributed by atoms with van der Waals surface area (Å²) in [6.45, 7) is 5.89. The smallest absolute Gasteiger partial charge is 0.303 e. The lowest BCUT2D eigenvalue weighted by Gasteiger charge is -2.15. The van der Waals surface area contributed by atoms with Crippen LogP contribution >= 0.6 is 0 Å². The summed E-state index contributed by atoms with van der Waals surface area (Å²) in [5.41, 5.74) is 2.25. The molecule has 1 atom stereocenters. The molecule has 2 aromatic rings. The highest BCUT2D eigenvalue weighted by Crippen LogP contribution is 2.22. The first kappa shape index (κ1) is 16.9. The van der Waals surface area contributed by atoms with Crippen molar-refractivity contribution in [3.05, 3.63) is 41.6 Å². The quantitative estimate of drug-likeness (QED) is 0.857. The van der Waals surface area contributed by atoms with Gasteiger partial charge in [-0.25, -0.2) is 0 Å². The minimum absolute atomic E-state index is 0.0375. The van der Waals surface area contributed by atoms with Gasteiger partial charge in [-0.05, 0) is 31.4 Å². The fourth-order valence-corrected chi connectivity index (χ4v) is 2.39. The standard InChI is InChI=1S/C18H22N2O3/c1-11(2)16-10-14(13-6-4-5-7-15(13)20-16)18(23)19-12(3)8-9-17(21)22/h4-7,10-12H,8-9H2,1-3H3,(H,19,23)(H,21,22). The first-order chi connectivity index (χ1) is 10.9. The minimum atomic E-state index is -0.859. The average Bonchev–Trinajstić information content (AvgIpc) is 2.51. The molecular formula is C18H22N2O3. The third-order valence-electron chi connectivity index (χ3n) is 3.74. The number of carboxylic acids is 1. The molecule has 1 aromatic carbocycles. The summed E-state index contributed by atoms with van der Waals surface area (Å²) in [7, 11) is 0. The van der Waals surface area contributed by atoms with Gasteiger partial charge in [0.1, 0.15) is 0 Å². The minimum Gasteiger partial charge on any atom is -0.481 e. The normalized spacial score (nSPS) is 12.3. The summed E-state index contributed by atoms with van der Waals surface area (Å²) in [4.78, 5) is 27.8. The average molecular weight is 314 g/mol. The number of amides is 1. The lowest BCUT2D eigenvalue weighted by molar-refractivity contribution is -0.137. The van der Waals surface area contributed by atoms with Crippen LogP contribution in [0.1, 0.15) is 55.6 Å². The van der Waals surface area contributed by atoms with E-state index < -0.39 is 5.97 Å². The number of aliphatic carboxylic acids is 1. The van der Waals surface area contributed by atoms with Crippen LogP contribution in [0.25, 0.3) is 10.9 Å². The van der Waals surface area contributed by atoms with Crippen LogP contribution < -0.4 is 5.32 Å². The van der Waals surface area contributed by atoms with Gasteiger partial charge in [0.25, 0.3) is 5.91 Å². The van der Waals surface area contributed by atoms with Gasteiger partial charge in [0.2, 0.25) is 0 Å². The summed E-state index contributed by atoms with van der Waals surface area (Å²) in [5.74, 6) is -0.832. The highest BCUT2D eigenvalue weighted by Gasteiger charge is 2.16. The molecule has 0 radical (unpaired) electrons. The van der Waals surface area contributed by atoms with Crippen LogP contribution in [0.2, 0.25) is 0 Å². The molecule has 23 heavy (non-hydrogen) atoms. The lowest BCUT2D eigenvalue weighted by atomic mass is 10.0. The summed E-state index contributed by atoms with van der Waals surface area (Å²) in [6, 6.07) is 9.18. The van der Waals surface area contributed by atoms with Gasteiger partial charge < -0.3 is 10.4 Å². The number of fused-ring (bicyclic) bond motifs is 1. The molecule has 2 rings (SSSR count). The molecule has 0 aliphatic rings. The van der Waals surface area contributed by atoms with Crippen LogP contribution in [0.3, 0.4) is 0 Å². The fraction of sp³-hybridized carbons (Fsp3) is 0.389. The molecule has 122 valence electrons. The molecule has 1 aromatic heterocycles. The predicted molar refractivity (Wildman–Crippen MR) is 89.6 cm³/mol.